The number of nitrogen functional groups attached to an aromatic ring is 1. The van der Waals surface area contributed by atoms with E-state index in [2.05, 4.69) is 10.1 Å². The molecule has 0 spiro atoms. The van der Waals surface area contributed by atoms with E-state index in [-0.39, 0.29) is 0 Å². The van der Waals surface area contributed by atoms with Gasteiger partial charge in [0, 0.05) is 18.4 Å². The quantitative estimate of drug-likeness (QED) is 0.528. The molecule has 0 aliphatic heterocycles. The molecule has 0 radical (unpaired) electrons. The number of benzene rings is 1. The van der Waals surface area contributed by atoms with Gasteiger partial charge in [0.25, 0.3) is 0 Å². The second kappa shape index (κ2) is 3.80. The lowest BCUT2D eigenvalue weighted by Crippen LogP contribution is -2.06. The summed E-state index contributed by atoms with van der Waals surface area (Å²) in [7, 11) is 3.10. The highest BCUT2D eigenvalue weighted by Gasteiger charge is 2.09. The predicted octanol–water partition coefficient (Wildman–Crippen LogP) is 1.10. The summed E-state index contributed by atoms with van der Waals surface area (Å²) in [5, 5.41) is 2.91. The number of ether oxygens (including phenoxy) is 1. The first-order valence-electron chi connectivity index (χ1n) is 3.84. The van der Waals surface area contributed by atoms with Gasteiger partial charge in [-0.15, -0.1) is 0 Å². The van der Waals surface area contributed by atoms with Crippen molar-refractivity contribution in [1.82, 2.24) is 0 Å². The molecule has 0 aromatic heterocycles. The van der Waals surface area contributed by atoms with Crippen LogP contribution >= 0.6 is 0 Å². The molecule has 1 aromatic carbocycles. The molecule has 0 bridgehead atoms. The van der Waals surface area contributed by atoms with E-state index in [1.807, 2.05) is 0 Å². The summed E-state index contributed by atoms with van der Waals surface area (Å²) in [6.07, 6.45) is 0. The van der Waals surface area contributed by atoms with Crippen LogP contribution in [-0.4, -0.2) is 20.1 Å². The van der Waals surface area contributed by atoms with Gasteiger partial charge >= 0.3 is 5.97 Å². The molecule has 0 aliphatic carbocycles. The number of nitrogens with two attached hydrogens (primary N) is 1. The van der Waals surface area contributed by atoms with E-state index >= 15 is 0 Å². The van der Waals surface area contributed by atoms with E-state index in [1.54, 1.807) is 25.2 Å². The molecule has 0 amide bonds. The highest BCUT2D eigenvalue weighted by atomic mass is 16.5. The number of esters is 1. The summed E-state index contributed by atoms with van der Waals surface area (Å²) in [5.41, 5.74) is 7.23. The van der Waals surface area contributed by atoms with Gasteiger partial charge < -0.3 is 15.8 Å². The highest BCUT2D eigenvalue weighted by molar-refractivity contribution is 5.96. The van der Waals surface area contributed by atoms with Crippen LogP contribution in [0.15, 0.2) is 18.2 Å². The Hall–Kier alpha value is -1.71. The molecule has 1 rings (SSSR count). The van der Waals surface area contributed by atoms with Crippen molar-refractivity contribution in [3.8, 4) is 0 Å². The van der Waals surface area contributed by atoms with Crippen LogP contribution in [0.5, 0.6) is 0 Å². The van der Waals surface area contributed by atoms with Crippen molar-refractivity contribution in [2.75, 3.05) is 25.2 Å². The van der Waals surface area contributed by atoms with Crippen molar-refractivity contribution in [1.29, 1.82) is 0 Å². The van der Waals surface area contributed by atoms with Crippen molar-refractivity contribution >= 4 is 17.3 Å². The molecule has 0 unspecified atom stereocenters. The Morgan fingerprint density at radius 2 is 2.23 bits per heavy atom. The lowest BCUT2D eigenvalue weighted by Gasteiger charge is -2.06. The standard InChI is InChI=1S/C9H12N2O2/c1-11-6-3-4-8(10)7(5-6)9(12)13-2/h3-5,11H,10H2,1-2H3. The summed E-state index contributed by atoms with van der Waals surface area (Å²) in [6.45, 7) is 0. The zero-order valence-corrected chi connectivity index (χ0v) is 7.63. The maximum absolute atomic E-state index is 11.2. The fourth-order valence-corrected chi connectivity index (χ4v) is 0.999. The largest absolute Gasteiger partial charge is 0.465 e. The molecule has 3 N–H and O–H groups in total. The Kier molecular flexibility index (Phi) is 2.74. The number of carbonyl (C=O) groups excluding carboxylic acids is 1. The maximum Gasteiger partial charge on any atom is 0.340 e. The topological polar surface area (TPSA) is 64.3 Å². The van der Waals surface area contributed by atoms with Crippen molar-refractivity contribution in [2.45, 2.75) is 0 Å². The minimum atomic E-state index is -0.422. The van der Waals surface area contributed by atoms with E-state index in [1.165, 1.54) is 7.11 Å². The first-order chi connectivity index (χ1) is 6.19. The van der Waals surface area contributed by atoms with Crippen LogP contribution in [0.4, 0.5) is 11.4 Å². The molecule has 0 heterocycles. The fourth-order valence-electron chi connectivity index (χ4n) is 0.999. The molecular weight excluding hydrogens is 168 g/mol. The molecular formula is C9H12N2O2. The molecule has 13 heavy (non-hydrogen) atoms. The molecule has 4 nitrogen and oxygen atoms in total. The maximum atomic E-state index is 11.2. The summed E-state index contributed by atoms with van der Waals surface area (Å²) in [6, 6.07) is 5.11. The fraction of sp³-hybridized carbons (Fsp3) is 0.222. The summed E-state index contributed by atoms with van der Waals surface area (Å²) >= 11 is 0. The number of hydrogen-bond acceptors (Lipinski definition) is 4. The predicted molar refractivity (Wildman–Crippen MR) is 51.7 cm³/mol. The van der Waals surface area contributed by atoms with Gasteiger partial charge in [-0.05, 0) is 18.2 Å². The van der Waals surface area contributed by atoms with Gasteiger partial charge in [0.05, 0.1) is 12.7 Å². The van der Waals surface area contributed by atoms with Gasteiger partial charge in [-0.25, -0.2) is 4.79 Å². The van der Waals surface area contributed by atoms with E-state index < -0.39 is 5.97 Å². The van der Waals surface area contributed by atoms with Crippen LogP contribution in [-0.2, 0) is 4.74 Å². The van der Waals surface area contributed by atoms with Crippen molar-refractivity contribution in [3.05, 3.63) is 23.8 Å². The number of rotatable bonds is 2. The van der Waals surface area contributed by atoms with Crippen LogP contribution in [0.25, 0.3) is 0 Å². The minimum Gasteiger partial charge on any atom is -0.465 e. The lowest BCUT2D eigenvalue weighted by molar-refractivity contribution is 0.0602. The van der Waals surface area contributed by atoms with Crippen molar-refractivity contribution in [3.63, 3.8) is 0 Å². The Morgan fingerprint density at radius 3 is 2.77 bits per heavy atom. The molecule has 0 aliphatic rings. The van der Waals surface area contributed by atoms with E-state index in [4.69, 9.17) is 5.73 Å². The monoisotopic (exact) mass is 180 g/mol. The summed E-state index contributed by atoms with van der Waals surface area (Å²) < 4.78 is 4.57. The summed E-state index contributed by atoms with van der Waals surface area (Å²) in [5.74, 6) is -0.422. The number of carbonyl (C=O) groups is 1. The number of nitrogens with one attached hydrogen (secondary N) is 1. The molecule has 0 atom stereocenters. The second-order valence-electron chi connectivity index (χ2n) is 2.54. The molecule has 0 fully saturated rings. The Labute approximate surface area is 76.7 Å². The normalized spacial score (nSPS) is 9.38. The van der Waals surface area contributed by atoms with Gasteiger partial charge in [0.2, 0.25) is 0 Å². The van der Waals surface area contributed by atoms with Gasteiger partial charge in [-0.1, -0.05) is 0 Å². The first-order valence-corrected chi connectivity index (χ1v) is 3.84. The Bertz CT molecular complexity index is 323. The van der Waals surface area contributed by atoms with Gasteiger partial charge in [-0.3, -0.25) is 0 Å². The van der Waals surface area contributed by atoms with Gasteiger partial charge in [0.1, 0.15) is 0 Å². The average Bonchev–Trinajstić information content (AvgIpc) is 2.17. The van der Waals surface area contributed by atoms with Gasteiger partial charge in [-0.2, -0.15) is 0 Å². The number of methoxy groups -OCH3 is 1. The first kappa shape index (κ1) is 9.38. The smallest absolute Gasteiger partial charge is 0.340 e. The van der Waals surface area contributed by atoms with Gasteiger partial charge in [0.15, 0.2) is 0 Å². The summed E-state index contributed by atoms with van der Waals surface area (Å²) in [4.78, 5) is 11.2. The Balaban J connectivity index is 3.11. The van der Waals surface area contributed by atoms with Crippen LogP contribution in [0.2, 0.25) is 0 Å². The Morgan fingerprint density at radius 1 is 1.54 bits per heavy atom. The zero-order valence-electron chi connectivity index (χ0n) is 7.63. The van der Waals surface area contributed by atoms with Crippen molar-refractivity contribution in [2.24, 2.45) is 0 Å². The average molecular weight is 180 g/mol. The third-order valence-electron chi connectivity index (χ3n) is 1.75. The van der Waals surface area contributed by atoms with Crippen LogP contribution in [0, 0.1) is 0 Å². The third kappa shape index (κ3) is 1.90. The van der Waals surface area contributed by atoms with Crippen LogP contribution in [0.3, 0.4) is 0 Å². The van der Waals surface area contributed by atoms with E-state index in [0.717, 1.165) is 5.69 Å². The minimum absolute atomic E-state index is 0.384. The molecule has 0 saturated carbocycles. The van der Waals surface area contributed by atoms with Crippen molar-refractivity contribution < 1.29 is 9.53 Å². The molecule has 4 heteroatoms. The van der Waals surface area contributed by atoms with Crippen LogP contribution in [0.1, 0.15) is 10.4 Å². The third-order valence-corrected chi connectivity index (χ3v) is 1.75. The molecule has 1 aromatic rings. The number of anilines is 2. The van der Waals surface area contributed by atoms with Crippen LogP contribution < -0.4 is 11.1 Å². The number of hydrogen-bond donors (Lipinski definition) is 2. The molecule has 0 saturated heterocycles. The van der Waals surface area contributed by atoms with E-state index in [0.29, 0.717) is 11.3 Å². The molecule has 70 valence electrons. The van der Waals surface area contributed by atoms with E-state index in [9.17, 15) is 4.79 Å². The lowest BCUT2D eigenvalue weighted by atomic mass is 10.1. The SMILES string of the molecule is CNc1ccc(N)c(C(=O)OC)c1. The highest BCUT2D eigenvalue weighted by Crippen LogP contribution is 2.17. The zero-order chi connectivity index (χ0) is 9.84. The second-order valence-corrected chi connectivity index (χ2v) is 2.54.